The number of methoxy groups -OCH3 is 1. The Kier molecular flexibility index (Phi) is 4.16. The van der Waals surface area contributed by atoms with Crippen LogP contribution in [0, 0.1) is 8.70 Å². The summed E-state index contributed by atoms with van der Waals surface area (Å²) in [6, 6.07) is 7.18. The second kappa shape index (κ2) is 5.89. The van der Waals surface area contributed by atoms with E-state index in [1.165, 1.54) is 38.3 Å². The van der Waals surface area contributed by atoms with Crippen LogP contribution in [0.1, 0.15) is 29.3 Å². The van der Waals surface area contributed by atoms with Gasteiger partial charge in [0.2, 0.25) is 0 Å². The van der Waals surface area contributed by atoms with Gasteiger partial charge in [0.15, 0.2) is 0 Å². The average Bonchev–Trinajstić information content (AvgIpc) is 2.82. The van der Waals surface area contributed by atoms with Crippen molar-refractivity contribution < 1.29 is 9.13 Å². The zero-order valence-corrected chi connectivity index (χ0v) is 14.1. The van der Waals surface area contributed by atoms with Gasteiger partial charge in [0.05, 0.1) is 21.7 Å². The highest BCUT2D eigenvalue weighted by Gasteiger charge is 2.23. The Morgan fingerprint density at radius 2 is 2.25 bits per heavy atom. The summed E-state index contributed by atoms with van der Waals surface area (Å²) in [5.74, 6) is 0.281. The Labute approximate surface area is 135 Å². The molecule has 0 saturated carbocycles. The fourth-order valence-electron chi connectivity index (χ4n) is 2.64. The number of hydrogen-bond donors (Lipinski definition) is 1. The molecule has 0 spiro atoms. The maximum absolute atomic E-state index is 13.2. The molecule has 2 nitrogen and oxygen atoms in total. The van der Waals surface area contributed by atoms with Gasteiger partial charge in [0, 0.05) is 10.9 Å². The first-order chi connectivity index (χ1) is 9.67. The van der Waals surface area contributed by atoms with Crippen molar-refractivity contribution in [2.45, 2.75) is 25.3 Å². The lowest BCUT2D eigenvalue weighted by molar-refractivity contribution is 0.412. The van der Waals surface area contributed by atoms with E-state index in [4.69, 9.17) is 4.74 Å². The lowest BCUT2D eigenvalue weighted by Gasteiger charge is -2.25. The van der Waals surface area contributed by atoms with Crippen LogP contribution in [0.2, 0.25) is 0 Å². The van der Waals surface area contributed by atoms with E-state index in [0.717, 1.165) is 12.1 Å². The molecule has 0 fully saturated rings. The van der Waals surface area contributed by atoms with Crippen molar-refractivity contribution in [3.63, 3.8) is 0 Å². The number of halogens is 2. The number of benzene rings is 1. The number of fused-ring (bicyclic) bond motifs is 1. The third-order valence-corrected chi connectivity index (χ3v) is 5.55. The fraction of sp³-hybridized carbons (Fsp3) is 0.333. The van der Waals surface area contributed by atoms with E-state index in [0.29, 0.717) is 5.75 Å². The predicted octanol–water partition coefficient (Wildman–Crippen LogP) is 4.99. The number of aryl methyl sites for hydroxylation is 1. The van der Waals surface area contributed by atoms with Crippen LogP contribution in [0.4, 0.5) is 10.1 Å². The lowest BCUT2D eigenvalue weighted by Crippen LogP contribution is -2.16. The van der Waals surface area contributed by atoms with E-state index < -0.39 is 0 Å². The summed E-state index contributed by atoms with van der Waals surface area (Å²) in [5.41, 5.74) is 2.24. The third-order valence-electron chi connectivity index (χ3n) is 3.58. The van der Waals surface area contributed by atoms with Gasteiger partial charge in [-0.15, -0.1) is 11.3 Å². The Morgan fingerprint density at radius 3 is 3.05 bits per heavy atom. The first-order valence-electron chi connectivity index (χ1n) is 6.55. The summed E-state index contributed by atoms with van der Waals surface area (Å²) in [4.78, 5) is 1.47. The van der Waals surface area contributed by atoms with Gasteiger partial charge in [0.25, 0.3) is 0 Å². The van der Waals surface area contributed by atoms with Gasteiger partial charge >= 0.3 is 0 Å². The van der Waals surface area contributed by atoms with Crippen LogP contribution in [0.5, 0.6) is 5.75 Å². The molecule has 1 atom stereocenters. The topological polar surface area (TPSA) is 21.3 Å². The average molecular weight is 403 g/mol. The minimum absolute atomic E-state index is 0.276. The van der Waals surface area contributed by atoms with Crippen LogP contribution in [-0.4, -0.2) is 7.11 Å². The van der Waals surface area contributed by atoms with Gasteiger partial charge in [-0.05, 0) is 65.6 Å². The molecule has 5 heteroatoms. The van der Waals surface area contributed by atoms with Crippen LogP contribution >= 0.6 is 33.9 Å². The van der Waals surface area contributed by atoms with Gasteiger partial charge in [-0.1, -0.05) is 0 Å². The predicted molar refractivity (Wildman–Crippen MR) is 89.3 cm³/mol. The standard InChI is InChI=1S/C15H15FINOS/c1-19-13-7-9(16)5-6-12(13)18-11-3-2-4-14-10(11)8-15(17)20-14/h5-8,11,18H,2-4H2,1H3. The van der Waals surface area contributed by atoms with Crippen LogP contribution in [0.25, 0.3) is 0 Å². The van der Waals surface area contributed by atoms with Crippen molar-refractivity contribution in [1.29, 1.82) is 0 Å². The molecule has 1 aromatic carbocycles. The summed E-state index contributed by atoms with van der Waals surface area (Å²) in [5, 5.41) is 3.51. The first-order valence-corrected chi connectivity index (χ1v) is 8.45. The summed E-state index contributed by atoms with van der Waals surface area (Å²) in [7, 11) is 1.57. The molecule has 20 heavy (non-hydrogen) atoms. The molecule has 1 aliphatic carbocycles. The van der Waals surface area contributed by atoms with Crippen LogP contribution in [-0.2, 0) is 6.42 Å². The monoisotopic (exact) mass is 403 g/mol. The van der Waals surface area contributed by atoms with Crippen LogP contribution < -0.4 is 10.1 Å². The van der Waals surface area contributed by atoms with Crippen LogP contribution in [0.15, 0.2) is 24.3 Å². The highest BCUT2D eigenvalue weighted by atomic mass is 127. The Hall–Kier alpha value is -0.820. The van der Waals surface area contributed by atoms with Gasteiger partial charge in [0.1, 0.15) is 11.6 Å². The molecule has 106 valence electrons. The maximum atomic E-state index is 13.2. The van der Waals surface area contributed by atoms with E-state index in [2.05, 4.69) is 34.0 Å². The molecule has 1 aromatic heterocycles. The molecular formula is C15H15FINOS. The minimum Gasteiger partial charge on any atom is -0.494 e. The van der Waals surface area contributed by atoms with E-state index in [1.807, 2.05) is 11.3 Å². The largest absolute Gasteiger partial charge is 0.494 e. The van der Waals surface area contributed by atoms with E-state index in [1.54, 1.807) is 13.2 Å². The quantitative estimate of drug-likeness (QED) is 0.730. The van der Waals surface area contributed by atoms with E-state index in [-0.39, 0.29) is 11.9 Å². The number of hydrogen-bond acceptors (Lipinski definition) is 3. The zero-order valence-electron chi connectivity index (χ0n) is 11.1. The summed E-state index contributed by atoms with van der Waals surface area (Å²) in [6.07, 6.45) is 3.45. The zero-order chi connectivity index (χ0) is 14.1. The Bertz CT molecular complexity index is 628. The molecule has 0 bridgehead atoms. The number of thiophene rings is 1. The fourth-order valence-corrected chi connectivity index (χ4v) is 4.76. The molecule has 3 rings (SSSR count). The number of ether oxygens (including phenoxy) is 1. The molecule has 1 heterocycles. The molecule has 0 saturated heterocycles. The van der Waals surface area contributed by atoms with Crippen molar-refractivity contribution in [3.05, 3.63) is 43.4 Å². The van der Waals surface area contributed by atoms with Gasteiger partial charge in [-0.25, -0.2) is 4.39 Å². The molecule has 0 aliphatic heterocycles. The summed E-state index contributed by atoms with van der Waals surface area (Å²) in [6.45, 7) is 0. The summed E-state index contributed by atoms with van der Waals surface area (Å²) >= 11 is 4.25. The molecule has 0 amide bonds. The Balaban J connectivity index is 1.89. The second-order valence-electron chi connectivity index (χ2n) is 4.86. The molecule has 2 aromatic rings. The van der Waals surface area contributed by atoms with Gasteiger partial charge in [-0.3, -0.25) is 0 Å². The minimum atomic E-state index is -0.276. The molecule has 1 aliphatic rings. The summed E-state index contributed by atoms with van der Waals surface area (Å²) < 4.78 is 19.8. The van der Waals surface area contributed by atoms with Crippen molar-refractivity contribution in [2.24, 2.45) is 0 Å². The third kappa shape index (κ3) is 2.79. The smallest absolute Gasteiger partial charge is 0.144 e. The molecule has 1 unspecified atom stereocenters. The van der Waals surface area contributed by atoms with E-state index in [9.17, 15) is 4.39 Å². The van der Waals surface area contributed by atoms with Crippen molar-refractivity contribution in [1.82, 2.24) is 0 Å². The van der Waals surface area contributed by atoms with Crippen molar-refractivity contribution in [2.75, 3.05) is 12.4 Å². The molecule has 1 N–H and O–H groups in total. The number of rotatable bonds is 3. The second-order valence-corrected chi connectivity index (χ2v) is 7.89. The number of nitrogens with one attached hydrogen (secondary N) is 1. The van der Waals surface area contributed by atoms with Crippen LogP contribution in [0.3, 0.4) is 0 Å². The number of anilines is 1. The lowest BCUT2D eigenvalue weighted by atomic mass is 9.94. The first kappa shape index (κ1) is 14.1. The molecular weight excluding hydrogens is 388 g/mol. The highest BCUT2D eigenvalue weighted by molar-refractivity contribution is 14.1. The van der Waals surface area contributed by atoms with Gasteiger partial charge in [-0.2, -0.15) is 0 Å². The van der Waals surface area contributed by atoms with Crippen molar-refractivity contribution in [3.8, 4) is 5.75 Å². The normalized spacial score (nSPS) is 17.6. The van der Waals surface area contributed by atoms with Crippen molar-refractivity contribution >= 4 is 39.6 Å². The van der Waals surface area contributed by atoms with E-state index >= 15 is 0 Å². The Morgan fingerprint density at radius 1 is 1.40 bits per heavy atom. The highest BCUT2D eigenvalue weighted by Crippen LogP contribution is 2.39. The maximum Gasteiger partial charge on any atom is 0.144 e. The molecule has 0 radical (unpaired) electrons. The van der Waals surface area contributed by atoms with Gasteiger partial charge < -0.3 is 10.1 Å². The SMILES string of the molecule is COc1cc(F)ccc1NC1CCCc2sc(I)cc21.